The fourth-order valence-electron chi connectivity index (χ4n) is 1.78. The van der Waals surface area contributed by atoms with Crippen LogP contribution in [0.5, 0.6) is 5.75 Å². The van der Waals surface area contributed by atoms with Crippen molar-refractivity contribution in [1.82, 2.24) is 20.2 Å². The minimum atomic E-state index is -0.438. The summed E-state index contributed by atoms with van der Waals surface area (Å²) < 4.78 is 18.3. The maximum Gasteiger partial charge on any atom is 0.226 e. The average Bonchev–Trinajstić information content (AvgIpc) is 2.89. The summed E-state index contributed by atoms with van der Waals surface area (Å²) in [5.74, 6) is 0.174. The number of hydrogen-bond acceptors (Lipinski definition) is 5. The third kappa shape index (κ3) is 2.23. The van der Waals surface area contributed by atoms with Crippen LogP contribution in [0, 0.1) is 5.82 Å². The van der Waals surface area contributed by atoms with E-state index in [0.29, 0.717) is 22.5 Å². The number of ether oxygens (including phenoxy) is 1. The van der Waals surface area contributed by atoms with Gasteiger partial charge >= 0.3 is 0 Å². The van der Waals surface area contributed by atoms with Gasteiger partial charge in [0.1, 0.15) is 5.82 Å². The molecule has 0 fully saturated rings. The van der Waals surface area contributed by atoms with Crippen molar-refractivity contribution < 1.29 is 9.13 Å². The van der Waals surface area contributed by atoms with Gasteiger partial charge in [0, 0.05) is 11.8 Å². The van der Waals surface area contributed by atoms with Crippen LogP contribution in [0.3, 0.4) is 0 Å². The number of rotatable bonds is 3. The fraction of sp³-hybridized carbons (Fsp3) is 0.0833. The molecule has 0 aliphatic carbocycles. The van der Waals surface area contributed by atoms with Crippen LogP contribution in [0.2, 0.25) is 5.28 Å². The molecule has 0 radical (unpaired) electrons. The Morgan fingerprint density at radius 1 is 1.35 bits per heavy atom. The summed E-state index contributed by atoms with van der Waals surface area (Å²) >= 11 is 5.84. The van der Waals surface area contributed by atoms with Crippen LogP contribution in [0.4, 0.5) is 15.9 Å². The van der Waals surface area contributed by atoms with E-state index in [1.165, 1.54) is 19.2 Å². The molecule has 0 unspecified atom stereocenters. The molecule has 3 rings (SSSR count). The summed E-state index contributed by atoms with van der Waals surface area (Å²) in [7, 11) is 1.40. The standard InChI is InChI=1S/C12H9ClFN5O/c1-20-9-4-6(2-3-8(9)14)16-10-7-5-15-19-11(7)18-12(13)17-10/h2-5H,1H3,(H2,15,16,17,18,19). The first-order valence-corrected chi connectivity index (χ1v) is 6.02. The first-order chi connectivity index (χ1) is 9.67. The second-order valence-corrected chi connectivity index (χ2v) is 4.29. The number of H-pyrrole nitrogens is 1. The molecule has 0 spiro atoms. The highest BCUT2D eigenvalue weighted by molar-refractivity contribution is 6.28. The third-order valence-electron chi connectivity index (χ3n) is 2.70. The Labute approximate surface area is 118 Å². The van der Waals surface area contributed by atoms with Crippen LogP contribution in [0.25, 0.3) is 11.0 Å². The second-order valence-electron chi connectivity index (χ2n) is 3.95. The van der Waals surface area contributed by atoms with Gasteiger partial charge in [0.05, 0.1) is 18.7 Å². The van der Waals surface area contributed by atoms with Gasteiger partial charge in [-0.1, -0.05) is 0 Å². The van der Waals surface area contributed by atoms with Crippen LogP contribution in [0.15, 0.2) is 24.4 Å². The van der Waals surface area contributed by atoms with Crippen LogP contribution < -0.4 is 10.1 Å². The van der Waals surface area contributed by atoms with E-state index in [0.717, 1.165) is 0 Å². The first kappa shape index (κ1) is 12.6. The monoisotopic (exact) mass is 293 g/mol. The molecular formula is C12H9ClFN5O. The summed E-state index contributed by atoms with van der Waals surface area (Å²) in [5.41, 5.74) is 1.13. The van der Waals surface area contributed by atoms with E-state index < -0.39 is 5.82 Å². The van der Waals surface area contributed by atoms with E-state index in [2.05, 4.69) is 25.5 Å². The normalized spacial score (nSPS) is 10.8. The second kappa shape index (κ2) is 4.93. The molecule has 8 heteroatoms. The van der Waals surface area contributed by atoms with E-state index in [1.807, 2.05) is 0 Å². The van der Waals surface area contributed by atoms with Crippen LogP contribution in [-0.2, 0) is 0 Å². The van der Waals surface area contributed by atoms with Gasteiger partial charge in [-0.05, 0) is 23.7 Å². The van der Waals surface area contributed by atoms with Gasteiger partial charge in [0.2, 0.25) is 5.28 Å². The van der Waals surface area contributed by atoms with Crippen molar-refractivity contribution in [2.75, 3.05) is 12.4 Å². The van der Waals surface area contributed by atoms with Crippen LogP contribution in [0.1, 0.15) is 0 Å². The molecule has 0 saturated heterocycles. The molecule has 20 heavy (non-hydrogen) atoms. The largest absolute Gasteiger partial charge is 0.494 e. The van der Waals surface area contributed by atoms with E-state index >= 15 is 0 Å². The van der Waals surface area contributed by atoms with E-state index in [4.69, 9.17) is 16.3 Å². The Kier molecular flexibility index (Phi) is 3.11. The number of nitrogens with one attached hydrogen (secondary N) is 2. The Morgan fingerprint density at radius 3 is 3.00 bits per heavy atom. The predicted molar refractivity (Wildman–Crippen MR) is 72.9 cm³/mol. The molecule has 2 N–H and O–H groups in total. The minimum absolute atomic E-state index is 0.0818. The lowest BCUT2D eigenvalue weighted by atomic mass is 10.2. The van der Waals surface area contributed by atoms with Crippen molar-refractivity contribution in [2.45, 2.75) is 0 Å². The molecular weight excluding hydrogens is 285 g/mol. The summed E-state index contributed by atoms with van der Waals surface area (Å²) in [4.78, 5) is 8.09. The number of methoxy groups -OCH3 is 1. The molecule has 3 aromatic rings. The van der Waals surface area contributed by atoms with Crippen molar-refractivity contribution in [3.8, 4) is 5.75 Å². The minimum Gasteiger partial charge on any atom is -0.494 e. The van der Waals surface area contributed by atoms with Crippen molar-refractivity contribution >= 4 is 34.1 Å². The number of halogens is 2. The Bertz CT molecular complexity index is 776. The lowest BCUT2D eigenvalue weighted by Crippen LogP contribution is -1.97. The lowest BCUT2D eigenvalue weighted by molar-refractivity contribution is 0.387. The zero-order valence-electron chi connectivity index (χ0n) is 10.3. The third-order valence-corrected chi connectivity index (χ3v) is 2.87. The smallest absolute Gasteiger partial charge is 0.226 e. The van der Waals surface area contributed by atoms with E-state index in [9.17, 15) is 4.39 Å². The summed E-state index contributed by atoms with van der Waals surface area (Å²) in [6.45, 7) is 0. The number of benzene rings is 1. The molecule has 0 aliphatic rings. The van der Waals surface area contributed by atoms with Gasteiger partial charge in [-0.15, -0.1) is 0 Å². The number of aromatic amines is 1. The molecule has 1 aromatic carbocycles. The molecule has 2 heterocycles. The van der Waals surface area contributed by atoms with Crippen LogP contribution >= 0.6 is 11.6 Å². The van der Waals surface area contributed by atoms with Crippen molar-refractivity contribution in [3.63, 3.8) is 0 Å². The highest BCUT2D eigenvalue weighted by Crippen LogP contribution is 2.27. The van der Waals surface area contributed by atoms with Crippen molar-refractivity contribution in [2.24, 2.45) is 0 Å². The molecule has 0 atom stereocenters. The molecule has 0 aliphatic heterocycles. The number of anilines is 2. The number of fused-ring (bicyclic) bond motifs is 1. The predicted octanol–water partition coefficient (Wildman–Crippen LogP) is 2.90. The zero-order valence-corrected chi connectivity index (χ0v) is 11.1. The van der Waals surface area contributed by atoms with Gasteiger partial charge in [0.25, 0.3) is 0 Å². The molecule has 0 saturated carbocycles. The molecule has 6 nitrogen and oxygen atoms in total. The number of hydrogen-bond donors (Lipinski definition) is 2. The molecule has 0 amide bonds. The van der Waals surface area contributed by atoms with Crippen LogP contribution in [-0.4, -0.2) is 27.3 Å². The van der Waals surface area contributed by atoms with Crippen molar-refractivity contribution in [1.29, 1.82) is 0 Å². The first-order valence-electron chi connectivity index (χ1n) is 5.64. The molecule has 0 bridgehead atoms. The van der Waals surface area contributed by atoms with Crippen molar-refractivity contribution in [3.05, 3.63) is 35.5 Å². The highest BCUT2D eigenvalue weighted by Gasteiger charge is 2.10. The SMILES string of the molecule is COc1cc(Nc2nc(Cl)nc3[nH]ncc23)ccc1F. The van der Waals surface area contributed by atoms with Gasteiger partial charge in [-0.3, -0.25) is 5.10 Å². The quantitative estimate of drug-likeness (QED) is 0.726. The number of aromatic nitrogens is 4. The molecule has 102 valence electrons. The van der Waals surface area contributed by atoms with Gasteiger partial charge < -0.3 is 10.1 Å². The average molecular weight is 294 g/mol. The van der Waals surface area contributed by atoms with Gasteiger partial charge in [0.15, 0.2) is 17.2 Å². The Morgan fingerprint density at radius 2 is 2.20 bits per heavy atom. The van der Waals surface area contributed by atoms with Gasteiger partial charge in [-0.2, -0.15) is 15.1 Å². The van der Waals surface area contributed by atoms with E-state index in [-0.39, 0.29) is 11.0 Å². The fourth-order valence-corrected chi connectivity index (χ4v) is 1.95. The topological polar surface area (TPSA) is 75.7 Å². The van der Waals surface area contributed by atoms with E-state index in [1.54, 1.807) is 12.3 Å². The summed E-state index contributed by atoms with van der Waals surface area (Å²) in [6.07, 6.45) is 1.58. The Balaban J connectivity index is 2.02. The zero-order chi connectivity index (χ0) is 14.1. The molecule has 2 aromatic heterocycles. The summed E-state index contributed by atoms with van der Waals surface area (Å²) in [5, 5.41) is 10.4. The highest BCUT2D eigenvalue weighted by atomic mass is 35.5. The number of nitrogens with zero attached hydrogens (tertiary/aromatic N) is 3. The van der Waals surface area contributed by atoms with Gasteiger partial charge in [-0.25, -0.2) is 4.39 Å². The maximum atomic E-state index is 13.4. The summed E-state index contributed by atoms with van der Waals surface area (Å²) in [6, 6.07) is 4.40. The maximum absolute atomic E-state index is 13.4. The Hall–Kier alpha value is -2.41. The lowest BCUT2D eigenvalue weighted by Gasteiger charge is -2.09.